The van der Waals surface area contributed by atoms with E-state index >= 15 is 4.39 Å². The Hall–Kier alpha value is -1.71. The Labute approximate surface area is 206 Å². The van der Waals surface area contributed by atoms with E-state index in [9.17, 15) is 32.7 Å². The first-order chi connectivity index (χ1) is 15.6. The average molecular weight is 514 g/mol. The highest BCUT2D eigenvalue weighted by molar-refractivity contribution is 6.00. The van der Waals surface area contributed by atoms with Crippen molar-refractivity contribution in [1.82, 2.24) is 5.32 Å². The number of nitrogens with one attached hydrogen (secondary N) is 1. The largest absolute Gasteiger partial charge is 0.462 e. The molecular weight excluding hydrogens is 470 g/mol. The number of rotatable bonds is 13. The molecule has 35 heavy (non-hydrogen) atoms. The van der Waals surface area contributed by atoms with Crippen molar-refractivity contribution in [2.45, 2.75) is 118 Å². The van der Waals surface area contributed by atoms with Crippen molar-refractivity contribution < 1.29 is 41.8 Å². The van der Waals surface area contributed by atoms with Gasteiger partial charge in [-0.05, 0) is 51.9 Å². The van der Waals surface area contributed by atoms with Crippen LogP contribution < -0.4 is 5.32 Å². The topological polar surface area (TPSA) is 92.7 Å². The van der Waals surface area contributed by atoms with E-state index in [1.807, 2.05) is 13.8 Å². The maximum atomic E-state index is 15.4. The molecule has 206 valence electrons. The number of esters is 1. The summed E-state index contributed by atoms with van der Waals surface area (Å²) in [6.45, 7) is 13.4. The summed E-state index contributed by atoms with van der Waals surface area (Å²) in [6.07, 6.45) is -7.15. The van der Waals surface area contributed by atoms with Crippen molar-refractivity contribution in [3.8, 4) is 0 Å². The fraction of sp³-hybridized carbons (Fsp3) is 0.880. The molecule has 0 aliphatic carbocycles. The summed E-state index contributed by atoms with van der Waals surface area (Å²) in [4.78, 5) is 37.8. The highest BCUT2D eigenvalue weighted by Crippen LogP contribution is 2.39. The van der Waals surface area contributed by atoms with Crippen LogP contribution in [0.4, 0.5) is 17.6 Å². The van der Waals surface area contributed by atoms with Crippen molar-refractivity contribution in [2.24, 2.45) is 23.2 Å². The van der Waals surface area contributed by atoms with Gasteiger partial charge in [0.1, 0.15) is 6.10 Å². The number of hydrogen-bond acceptors (Lipinski definition) is 5. The Morgan fingerprint density at radius 1 is 0.914 bits per heavy atom. The second kappa shape index (κ2) is 12.5. The van der Waals surface area contributed by atoms with Crippen LogP contribution in [0, 0.1) is 23.2 Å². The zero-order valence-corrected chi connectivity index (χ0v) is 22.4. The molecule has 0 bridgehead atoms. The van der Waals surface area contributed by atoms with Gasteiger partial charge in [0.25, 0.3) is 5.91 Å². The third kappa shape index (κ3) is 10.4. The van der Waals surface area contributed by atoms with Crippen LogP contribution >= 0.6 is 0 Å². The number of imide groups is 1. The first-order valence-electron chi connectivity index (χ1n) is 12.1. The Balaban J connectivity index is 5.60. The highest BCUT2D eigenvalue weighted by Gasteiger charge is 2.52. The minimum Gasteiger partial charge on any atom is -0.462 e. The van der Waals surface area contributed by atoms with Gasteiger partial charge in [0, 0.05) is 18.8 Å². The highest BCUT2D eigenvalue weighted by atomic mass is 19.4. The zero-order valence-electron chi connectivity index (χ0n) is 22.4. The molecule has 0 rings (SSSR count). The van der Waals surface area contributed by atoms with Gasteiger partial charge in [-0.15, -0.1) is 0 Å². The van der Waals surface area contributed by atoms with Gasteiger partial charge in [-0.25, -0.2) is 4.39 Å². The van der Waals surface area contributed by atoms with Crippen molar-refractivity contribution >= 4 is 17.8 Å². The predicted octanol–water partition coefficient (Wildman–Crippen LogP) is 5.51. The number of carbonyl (C=O) groups excluding carboxylic acids is 3. The van der Waals surface area contributed by atoms with E-state index in [0.717, 1.165) is 6.92 Å². The molecule has 6 nitrogen and oxygen atoms in total. The molecule has 0 aliphatic rings. The van der Waals surface area contributed by atoms with Crippen LogP contribution in [0.3, 0.4) is 0 Å². The van der Waals surface area contributed by atoms with Gasteiger partial charge in [0.05, 0.1) is 5.41 Å². The fourth-order valence-corrected chi connectivity index (χ4v) is 3.89. The van der Waals surface area contributed by atoms with E-state index < -0.39 is 65.5 Å². The maximum absolute atomic E-state index is 15.4. The number of carbonyl (C=O) groups is 3. The second-order valence-electron chi connectivity index (χ2n) is 11.3. The summed E-state index contributed by atoms with van der Waals surface area (Å²) in [5.74, 6) is -3.27. The SMILES string of the molecule is CCC(C)(CC(C)(F)C(=O)NC(=O)C(C)CC(C)C)C(=O)OC(CC(C)C)CC(C)(O)C(F)(F)F. The summed E-state index contributed by atoms with van der Waals surface area (Å²) in [5.41, 5.74) is -7.27. The summed E-state index contributed by atoms with van der Waals surface area (Å²) < 4.78 is 60.4. The van der Waals surface area contributed by atoms with Gasteiger partial charge in [-0.1, -0.05) is 41.5 Å². The van der Waals surface area contributed by atoms with Crippen molar-refractivity contribution in [2.75, 3.05) is 0 Å². The van der Waals surface area contributed by atoms with Crippen LogP contribution in [0.1, 0.15) is 94.4 Å². The Morgan fingerprint density at radius 3 is 1.80 bits per heavy atom. The molecule has 0 aromatic rings. The molecule has 0 radical (unpaired) electrons. The van der Waals surface area contributed by atoms with Crippen molar-refractivity contribution in [3.05, 3.63) is 0 Å². The van der Waals surface area contributed by atoms with Gasteiger partial charge in [-0.3, -0.25) is 19.7 Å². The fourth-order valence-electron chi connectivity index (χ4n) is 3.89. The molecule has 0 saturated carbocycles. The van der Waals surface area contributed by atoms with Gasteiger partial charge < -0.3 is 9.84 Å². The Morgan fingerprint density at radius 2 is 1.40 bits per heavy atom. The lowest BCUT2D eigenvalue weighted by Crippen LogP contribution is -2.50. The van der Waals surface area contributed by atoms with Crippen molar-refractivity contribution in [3.63, 3.8) is 0 Å². The lowest BCUT2D eigenvalue weighted by molar-refractivity contribution is -0.262. The number of hydrogen-bond donors (Lipinski definition) is 2. The molecule has 5 atom stereocenters. The quantitative estimate of drug-likeness (QED) is 0.250. The van der Waals surface area contributed by atoms with Crippen LogP contribution in [0.5, 0.6) is 0 Å². The summed E-state index contributed by atoms with van der Waals surface area (Å²) in [7, 11) is 0. The number of ether oxygens (including phenoxy) is 1. The molecule has 2 amide bonds. The monoisotopic (exact) mass is 513 g/mol. The summed E-state index contributed by atoms with van der Waals surface area (Å²) in [6, 6.07) is 0. The molecule has 10 heteroatoms. The minimum absolute atomic E-state index is 0.0282. The molecule has 0 aromatic heterocycles. The predicted molar refractivity (Wildman–Crippen MR) is 125 cm³/mol. The molecular formula is C25H43F4NO5. The molecule has 0 fully saturated rings. The zero-order chi connectivity index (χ0) is 28.0. The Bertz CT molecular complexity index is 734. The Kier molecular flexibility index (Phi) is 11.9. The molecule has 0 spiro atoms. The number of aliphatic hydroxyl groups is 1. The van der Waals surface area contributed by atoms with E-state index in [1.54, 1.807) is 27.7 Å². The smallest absolute Gasteiger partial charge is 0.417 e. The number of alkyl halides is 4. The van der Waals surface area contributed by atoms with E-state index in [0.29, 0.717) is 13.3 Å². The summed E-state index contributed by atoms with van der Waals surface area (Å²) >= 11 is 0. The lowest BCUT2D eigenvalue weighted by Gasteiger charge is -2.35. The normalized spacial score (nSPS) is 19.3. The maximum Gasteiger partial charge on any atom is 0.417 e. The molecule has 0 saturated heterocycles. The van der Waals surface area contributed by atoms with Crippen LogP contribution in [0.2, 0.25) is 0 Å². The van der Waals surface area contributed by atoms with Gasteiger partial charge in [-0.2, -0.15) is 13.2 Å². The molecule has 0 heterocycles. The van der Waals surface area contributed by atoms with Crippen LogP contribution in [-0.2, 0) is 19.1 Å². The average Bonchev–Trinajstić information content (AvgIpc) is 2.64. The first-order valence-corrected chi connectivity index (χ1v) is 12.1. The minimum atomic E-state index is -4.93. The molecule has 2 N–H and O–H groups in total. The van der Waals surface area contributed by atoms with E-state index in [2.05, 4.69) is 5.32 Å². The van der Waals surface area contributed by atoms with E-state index in [-0.39, 0.29) is 24.7 Å². The molecule has 0 aliphatic heterocycles. The summed E-state index contributed by atoms with van der Waals surface area (Å²) in [5, 5.41) is 12.0. The van der Waals surface area contributed by atoms with Crippen LogP contribution in [-0.4, -0.2) is 46.4 Å². The third-order valence-corrected chi connectivity index (χ3v) is 6.22. The second-order valence-corrected chi connectivity index (χ2v) is 11.3. The molecule has 0 aromatic carbocycles. The first kappa shape index (κ1) is 33.3. The van der Waals surface area contributed by atoms with E-state index in [1.165, 1.54) is 6.92 Å². The van der Waals surface area contributed by atoms with Crippen LogP contribution in [0.25, 0.3) is 0 Å². The lowest BCUT2D eigenvalue weighted by atomic mass is 9.77. The third-order valence-electron chi connectivity index (χ3n) is 6.22. The molecule has 5 unspecified atom stereocenters. The number of halogens is 4. The standard InChI is InChI=1S/C25H43F4NO5/c1-10-22(7,14-23(8,26)20(32)30-19(31)17(6)11-15(2)3)21(33)35-18(12-16(4)5)13-24(9,34)25(27,28)29/h15-18,34H,10-14H2,1-9H3,(H,30,31,32). The van der Waals surface area contributed by atoms with Gasteiger partial charge in [0.2, 0.25) is 5.91 Å². The van der Waals surface area contributed by atoms with E-state index in [4.69, 9.17) is 4.74 Å². The number of amides is 2. The van der Waals surface area contributed by atoms with Gasteiger partial charge in [0.15, 0.2) is 11.3 Å². The van der Waals surface area contributed by atoms with Crippen molar-refractivity contribution in [1.29, 1.82) is 0 Å². The van der Waals surface area contributed by atoms with Crippen LogP contribution in [0.15, 0.2) is 0 Å². The van der Waals surface area contributed by atoms with Gasteiger partial charge >= 0.3 is 12.1 Å².